The molecule has 0 unspecified atom stereocenters. The molecule has 1 aliphatic heterocycles. The van der Waals surface area contributed by atoms with Crippen molar-refractivity contribution in [1.29, 1.82) is 0 Å². The average Bonchev–Trinajstić information content (AvgIpc) is 2.60. The van der Waals surface area contributed by atoms with E-state index >= 15 is 0 Å². The molecule has 0 spiro atoms. The lowest BCUT2D eigenvalue weighted by molar-refractivity contribution is -0.118. The molecule has 132 valence electrons. The van der Waals surface area contributed by atoms with E-state index in [1.165, 1.54) is 0 Å². The van der Waals surface area contributed by atoms with Gasteiger partial charge in [-0.1, -0.05) is 20.8 Å². The number of amides is 2. The molecule has 1 aromatic rings. The van der Waals surface area contributed by atoms with Crippen molar-refractivity contribution >= 4 is 17.5 Å². The smallest absolute Gasteiger partial charge is 0.254 e. The first-order valence-corrected chi connectivity index (χ1v) is 8.95. The molecule has 0 radical (unpaired) electrons. The minimum Gasteiger partial charge on any atom is -0.336 e. The van der Waals surface area contributed by atoms with Gasteiger partial charge in [-0.3, -0.25) is 9.59 Å². The highest BCUT2D eigenvalue weighted by atomic mass is 16.2. The quantitative estimate of drug-likeness (QED) is 0.842. The first-order valence-electron chi connectivity index (χ1n) is 8.95. The lowest BCUT2D eigenvalue weighted by Crippen LogP contribution is -2.46. The van der Waals surface area contributed by atoms with Crippen LogP contribution in [0.5, 0.6) is 0 Å². The number of carbonyl (C=O) groups is 2. The Labute approximate surface area is 144 Å². The maximum atomic E-state index is 12.9. The standard InChI is InChI=1S/C19H29N3O2/c1-4-13-22(17-9-11-20-12-10-17)19(24)15-5-7-16(8-6-15)21-18(23)14(2)3/h5-8,14,17,20H,4,9-13H2,1-3H3,(H,21,23). The van der Waals surface area contributed by atoms with Crippen molar-refractivity contribution in [2.45, 2.75) is 46.1 Å². The molecule has 5 heteroatoms. The van der Waals surface area contributed by atoms with Gasteiger partial charge in [0.2, 0.25) is 5.91 Å². The summed E-state index contributed by atoms with van der Waals surface area (Å²) in [5.74, 6) is 0.00754. The van der Waals surface area contributed by atoms with Crippen molar-refractivity contribution in [3.05, 3.63) is 29.8 Å². The lowest BCUT2D eigenvalue weighted by Gasteiger charge is -2.34. The molecule has 2 rings (SSSR count). The number of benzene rings is 1. The topological polar surface area (TPSA) is 61.4 Å². The van der Waals surface area contributed by atoms with E-state index in [1.54, 1.807) is 12.1 Å². The van der Waals surface area contributed by atoms with Crippen LogP contribution in [0.3, 0.4) is 0 Å². The van der Waals surface area contributed by atoms with Crippen molar-refractivity contribution in [2.24, 2.45) is 5.92 Å². The van der Waals surface area contributed by atoms with Gasteiger partial charge in [0.15, 0.2) is 0 Å². The number of hydrogen-bond donors (Lipinski definition) is 2. The minimum absolute atomic E-state index is 0.0172. The van der Waals surface area contributed by atoms with E-state index in [-0.39, 0.29) is 17.7 Å². The highest BCUT2D eigenvalue weighted by Gasteiger charge is 2.25. The normalized spacial score (nSPS) is 15.3. The van der Waals surface area contributed by atoms with E-state index in [9.17, 15) is 9.59 Å². The van der Waals surface area contributed by atoms with Gasteiger partial charge < -0.3 is 15.5 Å². The highest BCUT2D eigenvalue weighted by molar-refractivity contribution is 5.96. The van der Waals surface area contributed by atoms with Crippen LogP contribution in [0.25, 0.3) is 0 Å². The summed E-state index contributed by atoms with van der Waals surface area (Å²) in [5, 5.41) is 6.20. The fourth-order valence-electron chi connectivity index (χ4n) is 2.96. The van der Waals surface area contributed by atoms with E-state index in [0.717, 1.165) is 44.6 Å². The second kappa shape index (κ2) is 8.83. The largest absolute Gasteiger partial charge is 0.336 e. The van der Waals surface area contributed by atoms with Gasteiger partial charge in [0.25, 0.3) is 5.91 Å². The molecule has 0 aliphatic carbocycles. The second-order valence-electron chi connectivity index (χ2n) is 6.70. The van der Waals surface area contributed by atoms with Crippen LogP contribution in [-0.4, -0.2) is 42.4 Å². The Morgan fingerprint density at radius 1 is 1.21 bits per heavy atom. The zero-order valence-corrected chi connectivity index (χ0v) is 15.0. The monoisotopic (exact) mass is 331 g/mol. The van der Waals surface area contributed by atoms with Gasteiger partial charge in [-0.05, 0) is 56.6 Å². The summed E-state index contributed by atoms with van der Waals surface area (Å²) in [5.41, 5.74) is 1.42. The number of rotatable bonds is 6. The van der Waals surface area contributed by atoms with Crippen molar-refractivity contribution in [2.75, 3.05) is 25.0 Å². The molecule has 24 heavy (non-hydrogen) atoms. The summed E-state index contributed by atoms with van der Waals surface area (Å²) in [6, 6.07) is 7.54. The first kappa shape index (κ1) is 18.5. The molecule has 2 N–H and O–H groups in total. The predicted molar refractivity (Wildman–Crippen MR) is 97.1 cm³/mol. The van der Waals surface area contributed by atoms with Crippen LogP contribution in [0.4, 0.5) is 5.69 Å². The highest BCUT2D eigenvalue weighted by Crippen LogP contribution is 2.18. The van der Waals surface area contributed by atoms with E-state index in [1.807, 2.05) is 30.9 Å². The molecule has 0 bridgehead atoms. The molecule has 0 aromatic heterocycles. The fourth-order valence-corrected chi connectivity index (χ4v) is 2.96. The number of carbonyl (C=O) groups excluding carboxylic acids is 2. The van der Waals surface area contributed by atoms with E-state index < -0.39 is 0 Å². The SMILES string of the molecule is CCCN(C(=O)c1ccc(NC(=O)C(C)C)cc1)C1CCNCC1. The first-order chi connectivity index (χ1) is 11.5. The van der Waals surface area contributed by atoms with Gasteiger partial charge in [-0.15, -0.1) is 0 Å². The van der Waals surface area contributed by atoms with Crippen LogP contribution in [0.1, 0.15) is 50.4 Å². The van der Waals surface area contributed by atoms with Gasteiger partial charge in [-0.2, -0.15) is 0 Å². The third-order valence-electron chi connectivity index (χ3n) is 4.40. The van der Waals surface area contributed by atoms with Crippen LogP contribution < -0.4 is 10.6 Å². The Hall–Kier alpha value is -1.88. The van der Waals surface area contributed by atoms with Crippen LogP contribution in [0, 0.1) is 5.92 Å². The van der Waals surface area contributed by atoms with Gasteiger partial charge >= 0.3 is 0 Å². The molecule has 1 aliphatic rings. The van der Waals surface area contributed by atoms with Crippen LogP contribution in [0.2, 0.25) is 0 Å². The zero-order valence-electron chi connectivity index (χ0n) is 15.0. The summed E-state index contributed by atoms with van der Waals surface area (Å²) in [4.78, 5) is 26.6. The third kappa shape index (κ3) is 4.81. The number of nitrogens with one attached hydrogen (secondary N) is 2. The molecule has 1 saturated heterocycles. The van der Waals surface area contributed by atoms with Gasteiger partial charge in [0.05, 0.1) is 0 Å². The Kier molecular flexibility index (Phi) is 6.79. The second-order valence-corrected chi connectivity index (χ2v) is 6.70. The summed E-state index contributed by atoms with van der Waals surface area (Å²) in [6.07, 6.45) is 2.97. The van der Waals surface area contributed by atoms with Gasteiger partial charge in [-0.25, -0.2) is 0 Å². The van der Waals surface area contributed by atoms with Crippen molar-refractivity contribution in [3.63, 3.8) is 0 Å². The van der Waals surface area contributed by atoms with Crippen LogP contribution in [0.15, 0.2) is 24.3 Å². The van der Waals surface area contributed by atoms with Gasteiger partial charge in [0, 0.05) is 29.8 Å². The third-order valence-corrected chi connectivity index (χ3v) is 4.40. The van der Waals surface area contributed by atoms with E-state index in [0.29, 0.717) is 11.6 Å². The lowest BCUT2D eigenvalue weighted by atomic mass is 10.0. The number of anilines is 1. The molecule has 5 nitrogen and oxygen atoms in total. The average molecular weight is 331 g/mol. The molecular weight excluding hydrogens is 302 g/mol. The molecular formula is C19H29N3O2. The Balaban J connectivity index is 2.07. The maximum absolute atomic E-state index is 12.9. The van der Waals surface area contributed by atoms with Gasteiger partial charge in [0.1, 0.15) is 0 Å². The number of hydrogen-bond acceptors (Lipinski definition) is 3. The summed E-state index contributed by atoms with van der Waals surface area (Å²) < 4.78 is 0. The zero-order chi connectivity index (χ0) is 17.5. The minimum atomic E-state index is -0.0636. The molecule has 2 amide bonds. The molecule has 0 saturated carbocycles. The van der Waals surface area contributed by atoms with E-state index in [2.05, 4.69) is 17.6 Å². The summed E-state index contributed by atoms with van der Waals surface area (Å²) in [7, 11) is 0. The summed E-state index contributed by atoms with van der Waals surface area (Å²) >= 11 is 0. The van der Waals surface area contributed by atoms with Crippen molar-refractivity contribution < 1.29 is 9.59 Å². The Morgan fingerprint density at radius 2 is 1.83 bits per heavy atom. The molecule has 1 heterocycles. The fraction of sp³-hybridized carbons (Fsp3) is 0.579. The Morgan fingerprint density at radius 3 is 2.38 bits per heavy atom. The van der Waals surface area contributed by atoms with Crippen LogP contribution in [-0.2, 0) is 4.79 Å². The van der Waals surface area contributed by atoms with Crippen molar-refractivity contribution in [3.8, 4) is 0 Å². The summed E-state index contributed by atoms with van der Waals surface area (Å²) in [6.45, 7) is 8.54. The van der Waals surface area contributed by atoms with E-state index in [4.69, 9.17) is 0 Å². The maximum Gasteiger partial charge on any atom is 0.254 e. The molecule has 1 aromatic carbocycles. The number of nitrogens with zero attached hydrogens (tertiary/aromatic N) is 1. The van der Waals surface area contributed by atoms with Crippen molar-refractivity contribution in [1.82, 2.24) is 10.2 Å². The number of piperidine rings is 1. The molecule has 1 fully saturated rings. The van der Waals surface area contributed by atoms with Crippen LogP contribution >= 0.6 is 0 Å². The Bertz CT molecular complexity index is 548. The predicted octanol–water partition coefficient (Wildman–Crippen LogP) is 2.89. The molecule has 0 atom stereocenters.